The highest BCUT2D eigenvalue weighted by molar-refractivity contribution is 7.14. The van der Waals surface area contributed by atoms with E-state index in [2.05, 4.69) is 6.92 Å². The molecule has 2 rings (SSSR count). The zero-order valence-corrected chi connectivity index (χ0v) is 11.3. The summed E-state index contributed by atoms with van der Waals surface area (Å²) in [7, 11) is 0. The lowest BCUT2D eigenvalue weighted by Crippen LogP contribution is -2.43. The maximum atomic E-state index is 12.3. The summed E-state index contributed by atoms with van der Waals surface area (Å²) in [5, 5.41) is 0. The minimum absolute atomic E-state index is 0.0330. The number of nitrogens with zero attached hydrogens (tertiary/aromatic N) is 1. The van der Waals surface area contributed by atoms with Crippen LogP contribution in [0.2, 0.25) is 0 Å². The molecule has 0 saturated carbocycles. The molecule has 1 saturated heterocycles. The molecule has 1 atom stereocenters. The Morgan fingerprint density at radius 1 is 1.50 bits per heavy atom. The van der Waals surface area contributed by atoms with Crippen molar-refractivity contribution in [2.24, 2.45) is 11.7 Å². The topological polar surface area (TPSA) is 63.4 Å². The minimum atomic E-state index is -0.298. The van der Waals surface area contributed by atoms with Gasteiger partial charge in [-0.25, -0.2) is 0 Å². The van der Waals surface area contributed by atoms with E-state index in [0.717, 1.165) is 30.7 Å². The van der Waals surface area contributed by atoms with Gasteiger partial charge in [0.2, 0.25) is 5.91 Å². The maximum Gasteiger partial charge on any atom is 0.263 e. The molecule has 1 aliphatic heterocycles. The predicted octanol–water partition coefficient (Wildman–Crippen LogP) is 1.65. The summed E-state index contributed by atoms with van der Waals surface area (Å²) in [4.78, 5) is 27.2. The van der Waals surface area contributed by atoms with Crippen molar-refractivity contribution in [3.8, 4) is 0 Å². The second kappa shape index (κ2) is 5.52. The Hall–Kier alpha value is -1.36. The third-order valence-corrected chi connectivity index (χ3v) is 4.55. The smallest absolute Gasteiger partial charge is 0.263 e. The van der Waals surface area contributed by atoms with Gasteiger partial charge < -0.3 is 10.6 Å². The van der Waals surface area contributed by atoms with Crippen molar-refractivity contribution >= 4 is 23.2 Å². The lowest BCUT2D eigenvalue weighted by atomic mass is 9.97. The van der Waals surface area contributed by atoms with Crippen molar-refractivity contribution in [1.29, 1.82) is 0 Å². The monoisotopic (exact) mass is 266 g/mol. The number of carbonyl (C=O) groups is 2. The summed E-state index contributed by atoms with van der Waals surface area (Å²) in [5.74, 6) is -0.452. The van der Waals surface area contributed by atoms with Crippen molar-refractivity contribution in [3.05, 3.63) is 21.9 Å². The van der Waals surface area contributed by atoms with E-state index in [0.29, 0.717) is 6.54 Å². The van der Waals surface area contributed by atoms with Crippen LogP contribution in [0.4, 0.5) is 0 Å². The highest BCUT2D eigenvalue weighted by Gasteiger charge is 2.28. The Morgan fingerprint density at radius 2 is 2.28 bits per heavy atom. The number of rotatable bonds is 3. The maximum absolute atomic E-state index is 12.3. The van der Waals surface area contributed by atoms with Gasteiger partial charge in [-0.2, -0.15) is 0 Å². The Balaban J connectivity index is 2.06. The zero-order valence-electron chi connectivity index (χ0n) is 10.5. The molecule has 0 radical (unpaired) electrons. The Labute approximate surface area is 111 Å². The highest BCUT2D eigenvalue weighted by Crippen LogP contribution is 2.22. The van der Waals surface area contributed by atoms with E-state index in [4.69, 9.17) is 5.73 Å². The number of hydrogen-bond acceptors (Lipinski definition) is 3. The Morgan fingerprint density at radius 3 is 2.89 bits per heavy atom. The molecule has 2 N–H and O–H groups in total. The van der Waals surface area contributed by atoms with E-state index in [1.807, 2.05) is 12.1 Å². The third kappa shape index (κ3) is 2.72. The van der Waals surface area contributed by atoms with Gasteiger partial charge in [-0.15, -0.1) is 11.3 Å². The number of aryl methyl sites for hydroxylation is 1. The average molecular weight is 266 g/mol. The molecule has 2 amide bonds. The van der Waals surface area contributed by atoms with E-state index in [1.165, 1.54) is 16.2 Å². The molecule has 18 heavy (non-hydrogen) atoms. The zero-order chi connectivity index (χ0) is 13.1. The summed E-state index contributed by atoms with van der Waals surface area (Å²) in [6.45, 7) is 3.26. The van der Waals surface area contributed by atoms with Crippen LogP contribution in [0.3, 0.4) is 0 Å². The van der Waals surface area contributed by atoms with Crippen LogP contribution in [0.1, 0.15) is 34.3 Å². The van der Waals surface area contributed by atoms with Crippen molar-refractivity contribution in [3.63, 3.8) is 0 Å². The first-order valence-electron chi connectivity index (χ1n) is 6.29. The van der Waals surface area contributed by atoms with Gasteiger partial charge in [0, 0.05) is 18.0 Å². The molecule has 1 unspecified atom stereocenters. The summed E-state index contributed by atoms with van der Waals surface area (Å²) in [5.41, 5.74) is 5.32. The molecule has 98 valence electrons. The molecular formula is C13H18N2O2S. The van der Waals surface area contributed by atoms with Gasteiger partial charge in [-0.3, -0.25) is 9.59 Å². The van der Waals surface area contributed by atoms with E-state index >= 15 is 0 Å². The van der Waals surface area contributed by atoms with E-state index in [-0.39, 0.29) is 17.7 Å². The van der Waals surface area contributed by atoms with Gasteiger partial charge in [0.15, 0.2) is 0 Å². The van der Waals surface area contributed by atoms with Crippen molar-refractivity contribution in [2.45, 2.75) is 26.2 Å². The molecule has 1 aliphatic rings. The number of likely N-dealkylation sites (tertiary alicyclic amines) is 1. The van der Waals surface area contributed by atoms with Crippen LogP contribution in [0.25, 0.3) is 0 Å². The fraction of sp³-hybridized carbons (Fsp3) is 0.538. The summed E-state index contributed by atoms with van der Waals surface area (Å²) < 4.78 is 0. The molecule has 2 heterocycles. The number of hydrogen-bond donors (Lipinski definition) is 1. The summed E-state index contributed by atoms with van der Waals surface area (Å²) in [6.07, 6.45) is 2.59. The molecule has 4 nitrogen and oxygen atoms in total. The number of primary amides is 1. The first-order valence-corrected chi connectivity index (χ1v) is 7.10. The fourth-order valence-electron chi connectivity index (χ4n) is 2.23. The average Bonchev–Trinajstić information content (AvgIpc) is 2.86. The van der Waals surface area contributed by atoms with Crippen molar-refractivity contribution < 1.29 is 9.59 Å². The fourth-order valence-corrected chi connectivity index (χ4v) is 3.15. The third-order valence-electron chi connectivity index (χ3n) is 3.33. The van der Waals surface area contributed by atoms with Crippen LogP contribution in [0.5, 0.6) is 0 Å². The molecule has 0 bridgehead atoms. The molecular weight excluding hydrogens is 248 g/mol. The second-order valence-corrected chi connectivity index (χ2v) is 5.78. The molecule has 1 aromatic heterocycles. The van der Waals surface area contributed by atoms with Crippen LogP contribution in [-0.2, 0) is 11.2 Å². The van der Waals surface area contributed by atoms with E-state index in [9.17, 15) is 9.59 Å². The largest absolute Gasteiger partial charge is 0.369 e. The van der Waals surface area contributed by atoms with Gasteiger partial charge in [0.1, 0.15) is 0 Å². The Kier molecular flexibility index (Phi) is 4.01. The predicted molar refractivity (Wildman–Crippen MR) is 71.5 cm³/mol. The van der Waals surface area contributed by atoms with Crippen LogP contribution in [-0.4, -0.2) is 29.8 Å². The number of nitrogens with two attached hydrogens (primary N) is 1. The van der Waals surface area contributed by atoms with Crippen molar-refractivity contribution in [1.82, 2.24) is 4.90 Å². The number of piperidine rings is 1. The number of thiophene rings is 1. The van der Waals surface area contributed by atoms with Crippen LogP contribution in [0, 0.1) is 5.92 Å². The van der Waals surface area contributed by atoms with Crippen LogP contribution < -0.4 is 5.73 Å². The van der Waals surface area contributed by atoms with Gasteiger partial charge >= 0.3 is 0 Å². The van der Waals surface area contributed by atoms with Gasteiger partial charge in [0.25, 0.3) is 5.91 Å². The van der Waals surface area contributed by atoms with E-state index in [1.54, 1.807) is 4.90 Å². The molecule has 0 spiro atoms. The highest BCUT2D eigenvalue weighted by atomic mass is 32.1. The number of amides is 2. The molecule has 5 heteroatoms. The van der Waals surface area contributed by atoms with E-state index < -0.39 is 0 Å². The SMILES string of the molecule is CCc1ccc(C(=O)N2CCCC(C(N)=O)C2)s1. The molecule has 0 aromatic carbocycles. The normalized spacial score (nSPS) is 19.8. The molecule has 1 aromatic rings. The lowest BCUT2D eigenvalue weighted by Gasteiger charge is -2.30. The minimum Gasteiger partial charge on any atom is -0.369 e. The lowest BCUT2D eigenvalue weighted by molar-refractivity contribution is -0.123. The quantitative estimate of drug-likeness (QED) is 0.904. The standard InChI is InChI=1S/C13H18N2O2S/c1-2-10-5-6-11(18-10)13(17)15-7-3-4-9(8-15)12(14)16/h5-6,9H,2-4,7-8H2,1H3,(H2,14,16). The summed E-state index contributed by atoms with van der Waals surface area (Å²) >= 11 is 1.54. The first kappa shape index (κ1) is 13.1. The van der Waals surface area contributed by atoms with Gasteiger partial charge in [-0.05, 0) is 31.4 Å². The van der Waals surface area contributed by atoms with Crippen molar-refractivity contribution in [2.75, 3.05) is 13.1 Å². The van der Waals surface area contributed by atoms with Crippen LogP contribution in [0.15, 0.2) is 12.1 Å². The number of carbonyl (C=O) groups excluding carboxylic acids is 2. The summed E-state index contributed by atoms with van der Waals surface area (Å²) in [6, 6.07) is 3.87. The molecule has 1 fully saturated rings. The first-order chi connectivity index (χ1) is 8.61. The van der Waals surface area contributed by atoms with Gasteiger partial charge in [-0.1, -0.05) is 6.92 Å². The molecule has 0 aliphatic carbocycles. The Bertz CT molecular complexity index is 456. The van der Waals surface area contributed by atoms with Gasteiger partial charge in [0.05, 0.1) is 10.8 Å². The second-order valence-electron chi connectivity index (χ2n) is 4.61. The van der Waals surface area contributed by atoms with Crippen LogP contribution >= 0.6 is 11.3 Å².